The standard InChI is InChI=1S/C13H15FN2O3/c1-2-19-9-5-8-15-12(17)13(18)16-11-7-4-3-6-10(11)14/h2-4,6-7H,1,5,8-9H2,(H,15,17)(H,16,18). The molecule has 0 fully saturated rings. The first-order valence-corrected chi connectivity index (χ1v) is 5.71. The minimum Gasteiger partial charge on any atom is -0.502 e. The number of hydrogen-bond acceptors (Lipinski definition) is 3. The number of carbonyl (C=O) groups is 2. The Balaban J connectivity index is 2.35. The van der Waals surface area contributed by atoms with Crippen molar-refractivity contribution in [3.8, 4) is 0 Å². The maximum atomic E-state index is 13.2. The Bertz CT molecular complexity index is 463. The molecule has 102 valence electrons. The third kappa shape index (κ3) is 5.20. The second-order valence-corrected chi connectivity index (χ2v) is 3.58. The summed E-state index contributed by atoms with van der Waals surface area (Å²) in [6, 6.07) is 5.62. The predicted molar refractivity (Wildman–Crippen MR) is 68.8 cm³/mol. The number of anilines is 1. The fraction of sp³-hybridized carbons (Fsp3) is 0.231. The predicted octanol–water partition coefficient (Wildman–Crippen LogP) is 1.43. The molecule has 0 aromatic heterocycles. The third-order valence-corrected chi connectivity index (χ3v) is 2.17. The van der Waals surface area contributed by atoms with Gasteiger partial charge in [-0.2, -0.15) is 0 Å². The summed E-state index contributed by atoms with van der Waals surface area (Å²) in [5.41, 5.74) is -0.0300. The Labute approximate surface area is 110 Å². The van der Waals surface area contributed by atoms with Crippen molar-refractivity contribution in [3.63, 3.8) is 0 Å². The smallest absolute Gasteiger partial charge is 0.313 e. The van der Waals surface area contributed by atoms with Crippen molar-refractivity contribution in [2.24, 2.45) is 0 Å². The Hall–Kier alpha value is -2.37. The van der Waals surface area contributed by atoms with Crippen LogP contribution in [0.5, 0.6) is 0 Å². The molecule has 2 N–H and O–H groups in total. The number of para-hydroxylation sites is 1. The Morgan fingerprint density at radius 3 is 2.74 bits per heavy atom. The molecule has 0 aliphatic carbocycles. The van der Waals surface area contributed by atoms with Crippen LogP contribution < -0.4 is 10.6 Å². The monoisotopic (exact) mass is 266 g/mol. The molecular weight excluding hydrogens is 251 g/mol. The molecule has 1 aromatic rings. The van der Waals surface area contributed by atoms with E-state index in [0.717, 1.165) is 0 Å². The van der Waals surface area contributed by atoms with E-state index in [1.54, 1.807) is 6.07 Å². The van der Waals surface area contributed by atoms with Crippen molar-refractivity contribution >= 4 is 17.5 Å². The molecule has 0 unspecified atom stereocenters. The summed E-state index contributed by atoms with van der Waals surface area (Å²) in [6.45, 7) is 4.06. The van der Waals surface area contributed by atoms with Gasteiger partial charge in [-0.3, -0.25) is 9.59 Å². The summed E-state index contributed by atoms with van der Waals surface area (Å²) in [4.78, 5) is 22.8. The van der Waals surface area contributed by atoms with Crippen LogP contribution in [0, 0.1) is 5.82 Å². The average molecular weight is 266 g/mol. The van der Waals surface area contributed by atoms with E-state index in [4.69, 9.17) is 4.74 Å². The van der Waals surface area contributed by atoms with E-state index in [1.165, 1.54) is 24.5 Å². The Kier molecular flexibility index (Phi) is 6.08. The summed E-state index contributed by atoms with van der Waals surface area (Å²) in [6.07, 6.45) is 1.84. The van der Waals surface area contributed by atoms with E-state index >= 15 is 0 Å². The van der Waals surface area contributed by atoms with Gasteiger partial charge in [-0.1, -0.05) is 18.7 Å². The second-order valence-electron chi connectivity index (χ2n) is 3.58. The van der Waals surface area contributed by atoms with Crippen molar-refractivity contribution in [2.45, 2.75) is 6.42 Å². The molecule has 0 heterocycles. The van der Waals surface area contributed by atoms with Crippen molar-refractivity contribution in [2.75, 3.05) is 18.5 Å². The van der Waals surface area contributed by atoms with Gasteiger partial charge in [0, 0.05) is 6.54 Å². The molecular formula is C13H15FN2O3. The summed E-state index contributed by atoms with van der Waals surface area (Å²) >= 11 is 0. The number of carbonyl (C=O) groups excluding carboxylic acids is 2. The second kappa shape index (κ2) is 7.86. The van der Waals surface area contributed by atoms with Gasteiger partial charge in [0.1, 0.15) is 5.82 Å². The first-order valence-electron chi connectivity index (χ1n) is 5.71. The largest absolute Gasteiger partial charge is 0.502 e. The van der Waals surface area contributed by atoms with Crippen LogP contribution in [0.2, 0.25) is 0 Å². The first kappa shape index (κ1) is 14.7. The van der Waals surface area contributed by atoms with Gasteiger partial charge in [-0.05, 0) is 18.6 Å². The summed E-state index contributed by atoms with van der Waals surface area (Å²) in [5, 5.41) is 4.58. The number of amides is 2. The zero-order valence-corrected chi connectivity index (χ0v) is 10.3. The molecule has 1 rings (SSSR count). The highest BCUT2D eigenvalue weighted by Crippen LogP contribution is 2.11. The molecule has 1 aromatic carbocycles. The zero-order valence-electron chi connectivity index (χ0n) is 10.3. The third-order valence-electron chi connectivity index (χ3n) is 2.17. The lowest BCUT2D eigenvalue weighted by atomic mass is 10.3. The lowest BCUT2D eigenvalue weighted by Gasteiger charge is -2.07. The van der Waals surface area contributed by atoms with Crippen LogP contribution in [0.25, 0.3) is 0 Å². The van der Waals surface area contributed by atoms with Gasteiger partial charge >= 0.3 is 11.8 Å². The number of halogens is 1. The van der Waals surface area contributed by atoms with Gasteiger partial charge in [0.25, 0.3) is 0 Å². The quantitative estimate of drug-likeness (QED) is 0.465. The lowest BCUT2D eigenvalue weighted by Crippen LogP contribution is -2.36. The van der Waals surface area contributed by atoms with E-state index < -0.39 is 17.6 Å². The van der Waals surface area contributed by atoms with E-state index in [1.807, 2.05) is 0 Å². The van der Waals surface area contributed by atoms with Crippen LogP contribution in [0.1, 0.15) is 6.42 Å². The number of benzene rings is 1. The van der Waals surface area contributed by atoms with Crippen LogP contribution in [-0.4, -0.2) is 25.0 Å². The highest BCUT2D eigenvalue weighted by Gasteiger charge is 2.14. The molecule has 0 aliphatic rings. The highest BCUT2D eigenvalue weighted by atomic mass is 19.1. The molecule has 0 saturated carbocycles. The van der Waals surface area contributed by atoms with Crippen LogP contribution in [0.4, 0.5) is 10.1 Å². The molecule has 6 heteroatoms. The fourth-order valence-corrected chi connectivity index (χ4v) is 1.26. The van der Waals surface area contributed by atoms with Crippen LogP contribution in [0.15, 0.2) is 37.1 Å². The van der Waals surface area contributed by atoms with Crippen LogP contribution in [0.3, 0.4) is 0 Å². The normalized spacial score (nSPS) is 9.53. The van der Waals surface area contributed by atoms with E-state index in [-0.39, 0.29) is 12.2 Å². The number of hydrogen-bond donors (Lipinski definition) is 2. The SMILES string of the molecule is C=COCCCNC(=O)C(=O)Nc1ccccc1F. The van der Waals surface area contributed by atoms with Gasteiger partial charge in [0.2, 0.25) is 0 Å². The minimum absolute atomic E-state index is 0.0300. The maximum Gasteiger partial charge on any atom is 0.313 e. The van der Waals surface area contributed by atoms with Crippen molar-refractivity contribution in [1.29, 1.82) is 0 Å². The van der Waals surface area contributed by atoms with Gasteiger partial charge < -0.3 is 15.4 Å². The molecule has 0 saturated heterocycles. The van der Waals surface area contributed by atoms with Crippen LogP contribution in [-0.2, 0) is 14.3 Å². The van der Waals surface area contributed by atoms with E-state index in [9.17, 15) is 14.0 Å². The number of rotatable bonds is 6. The summed E-state index contributed by atoms with van der Waals surface area (Å²) in [5.74, 6) is -2.32. The lowest BCUT2D eigenvalue weighted by molar-refractivity contribution is -0.136. The van der Waals surface area contributed by atoms with E-state index in [0.29, 0.717) is 13.0 Å². The molecule has 0 bridgehead atoms. The molecule has 2 amide bonds. The summed E-state index contributed by atoms with van der Waals surface area (Å²) < 4.78 is 18.1. The number of nitrogens with one attached hydrogen (secondary N) is 2. The van der Waals surface area contributed by atoms with Gasteiger partial charge in [0.15, 0.2) is 0 Å². The first-order chi connectivity index (χ1) is 9.15. The van der Waals surface area contributed by atoms with Gasteiger partial charge in [0.05, 0.1) is 18.6 Å². The minimum atomic E-state index is -0.908. The molecule has 0 radical (unpaired) electrons. The topological polar surface area (TPSA) is 67.4 Å². The van der Waals surface area contributed by atoms with Crippen LogP contribution >= 0.6 is 0 Å². The van der Waals surface area contributed by atoms with Gasteiger partial charge in [-0.15, -0.1) is 0 Å². The van der Waals surface area contributed by atoms with Crippen molar-refractivity contribution in [1.82, 2.24) is 5.32 Å². The molecule has 0 atom stereocenters. The maximum absolute atomic E-state index is 13.2. The van der Waals surface area contributed by atoms with Gasteiger partial charge in [-0.25, -0.2) is 4.39 Å². The molecule has 19 heavy (non-hydrogen) atoms. The number of ether oxygens (including phenoxy) is 1. The molecule has 0 spiro atoms. The zero-order chi connectivity index (χ0) is 14.1. The fourth-order valence-electron chi connectivity index (χ4n) is 1.26. The van der Waals surface area contributed by atoms with E-state index in [2.05, 4.69) is 17.2 Å². The molecule has 5 nitrogen and oxygen atoms in total. The Morgan fingerprint density at radius 2 is 2.05 bits per heavy atom. The van der Waals surface area contributed by atoms with Crippen molar-refractivity contribution < 1.29 is 18.7 Å². The highest BCUT2D eigenvalue weighted by molar-refractivity contribution is 6.39. The Morgan fingerprint density at radius 1 is 1.32 bits per heavy atom. The average Bonchev–Trinajstić information content (AvgIpc) is 2.41. The summed E-state index contributed by atoms with van der Waals surface area (Å²) in [7, 11) is 0. The molecule has 0 aliphatic heterocycles. The van der Waals surface area contributed by atoms with Crippen molar-refractivity contribution in [3.05, 3.63) is 42.9 Å².